The molecule has 0 aliphatic carbocycles. The van der Waals surface area contributed by atoms with Crippen molar-refractivity contribution in [2.45, 2.75) is 19.6 Å². The Labute approximate surface area is 117 Å². The van der Waals surface area contributed by atoms with E-state index in [1.54, 1.807) is 0 Å². The number of hydrogen-bond donors (Lipinski definition) is 0. The first kappa shape index (κ1) is 13.5. The van der Waals surface area contributed by atoms with Gasteiger partial charge in [0.05, 0.1) is 8.07 Å². The Bertz CT molecular complexity index is 394. The van der Waals surface area contributed by atoms with E-state index in [-0.39, 0.29) is 0 Å². The summed E-state index contributed by atoms with van der Waals surface area (Å²) in [4.78, 5) is 9.54. The van der Waals surface area contributed by atoms with Crippen LogP contribution in [0.2, 0.25) is 19.6 Å². The van der Waals surface area contributed by atoms with Gasteiger partial charge >= 0.3 is 0 Å². The minimum absolute atomic E-state index is 1.03. The molecule has 3 nitrogen and oxygen atoms in total. The van der Waals surface area contributed by atoms with Crippen LogP contribution in [0.5, 0.6) is 0 Å². The monoisotopic (exact) mass is 333 g/mol. The summed E-state index contributed by atoms with van der Waals surface area (Å²) >= 11 is 5.37. The Morgan fingerprint density at radius 3 is 2.29 bits per heavy atom. The van der Waals surface area contributed by atoms with Gasteiger partial charge in [-0.1, -0.05) is 19.6 Å². The number of anilines is 1. The van der Waals surface area contributed by atoms with Crippen LogP contribution in [0.1, 0.15) is 0 Å². The van der Waals surface area contributed by atoms with Crippen molar-refractivity contribution in [3.63, 3.8) is 0 Å². The van der Waals surface area contributed by atoms with Crippen LogP contribution in [0.4, 0.5) is 5.82 Å². The first-order valence-corrected chi connectivity index (χ1v) is 11.1. The van der Waals surface area contributed by atoms with Crippen molar-refractivity contribution in [1.82, 2.24) is 9.88 Å². The lowest BCUT2D eigenvalue weighted by Gasteiger charge is -2.34. The molecule has 1 aliphatic heterocycles. The van der Waals surface area contributed by atoms with Crippen molar-refractivity contribution in [2.75, 3.05) is 38.1 Å². The summed E-state index contributed by atoms with van der Waals surface area (Å²) in [5, 5.41) is 0. The number of halogens is 1. The van der Waals surface area contributed by atoms with Gasteiger partial charge in [0.15, 0.2) is 3.92 Å². The van der Waals surface area contributed by atoms with Crippen LogP contribution >= 0.6 is 27.3 Å². The minimum atomic E-state index is -1.29. The molecule has 1 saturated heterocycles. The number of hydrogen-bond acceptors (Lipinski definition) is 4. The molecule has 0 aromatic carbocycles. The zero-order chi connectivity index (χ0) is 12.6. The van der Waals surface area contributed by atoms with Crippen LogP contribution < -0.4 is 9.40 Å². The fraction of sp³-hybridized carbons (Fsp3) is 0.727. The van der Waals surface area contributed by atoms with Crippen LogP contribution in [-0.4, -0.2) is 51.2 Å². The van der Waals surface area contributed by atoms with Gasteiger partial charge in [0.25, 0.3) is 0 Å². The van der Waals surface area contributed by atoms with Gasteiger partial charge in [-0.15, -0.1) is 11.3 Å². The van der Waals surface area contributed by atoms with Crippen molar-refractivity contribution >= 4 is 45.7 Å². The number of piperazine rings is 1. The molecule has 0 saturated carbocycles. The summed E-state index contributed by atoms with van der Waals surface area (Å²) in [6, 6.07) is 0. The standard InChI is InChI=1S/C11H20BrN3SSi/c1-14-5-7-15(8-6-14)9-10(17(2,3)4)16-11(12)13-9/h5-8H2,1-4H3. The van der Waals surface area contributed by atoms with E-state index in [4.69, 9.17) is 4.98 Å². The van der Waals surface area contributed by atoms with Crippen molar-refractivity contribution in [3.8, 4) is 0 Å². The van der Waals surface area contributed by atoms with Crippen LogP contribution in [-0.2, 0) is 0 Å². The van der Waals surface area contributed by atoms with Crippen LogP contribution in [0.15, 0.2) is 3.92 Å². The van der Waals surface area contributed by atoms with Crippen LogP contribution in [0.3, 0.4) is 0 Å². The Balaban J connectivity index is 2.26. The molecule has 1 fully saturated rings. The third-order valence-electron chi connectivity index (χ3n) is 3.07. The van der Waals surface area contributed by atoms with Gasteiger partial charge in [0.2, 0.25) is 0 Å². The number of nitrogens with zero attached hydrogens (tertiary/aromatic N) is 3. The minimum Gasteiger partial charge on any atom is -0.353 e. The largest absolute Gasteiger partial charge is 0.353 e. The molecule has 96 valence electrons. The molecule has 0 bridgehead atoms. The Kier molecular flexibility index (Phi) is 3.97. The highest BCUT2D eigenvalue weighted by Crippen LogP contribution is 2.25. The smallest absolute Gasteiger partial charge is 0.161 e. The highest BCUT2D eigenvalue weighted by Gasteiger charge is 2.28. The van der Waals surface area contributed by atoms with Gasteiger partial charge < -0.3 is 9.80 Å². The second kappa shape index (κ2) is 4.99. The Morgan fingerprint density at radius 1 is 1.18 bits per heavy atom. The van der Waals surface area contributed by atoms with E-state index in [1.165, 1.54) is 10.3 Å². The lowest BCUT2D eigenvalue weighted by Crippen LogP contribution is -2.48. The predicted molar refractivity (Wildman–Crippen MR) is 82.5 cm³/mol. The van der Waals surface area contributed by atoms with E-state index >= 15 is 0 Å². The van der Waals surface area contributed by atoms with Crippen molar-refractivity contribution < 1.29 is 0 Å². The van der Waals surface area contributed by atoms with Gasteiger partial charge in [-0.25, -0.2) is 4.98 Å². The highest BCUT2D eigenvalue weighted by atomic mass is 79.9. The molecule has 2 heterocycles. The lowest BCUT2D eigenvalue weighted by molar-refractivity contribution is 0.312. The van der Waals surface area contributed by atoms with Gasteiger partial charge in [-0.05, 0) is 23.0 Å². The molecule has 0 radical (unpaired) electrons. The predicted octanol–water partition coefficient (Wildman–Crippen LogP) is 2.20. The number of aromatic nitrogens is 1. The van der Waals surface area contributed by atoms with E-state index in [0.717, 1.165) is 30.1 Å². The number of thiazole rings is 1. The number of likely N-dealkylation sites (N-methyl/N-ethyl adjacent to an activating group) is 1. The zero-order valence-electron chi connectivity index (χ0n) is 11.0. The highest BCUT2D eigenvalue weighted by molar-refractivity contribution is 9.11. The Morgan fingerprint density at radius 2 is 1.76 bits per heavy atom. The number of rotatable bonds is 2. The molecule has 17 heavy (non-hydrogen) atoms. The average Bonchev–Trinajstić information content (AvgIpc) is 2.61. The van der Waals surface area contributed by atoms with Gasteiger partial charge in [0, 0.05) is 30.7 Å². The fourth-order valence-electron chi connectivity index (χ4n) is 2.01. The first-order chi connectivity index (χ1) is 7.88. The van der Waals surface area contributed by atoms with E-state index in [0.29, 0.717) is 0 Å². The summed E-state index contributed by atoms with van der Waals surface area (Å²) in [6.45, 7) is 11.7. The first-order valence-electron chi connectivity index (χ1n) is 5.98. The molecule has 2 rings (SSSR count). The molecule has 0 unspecified atom stereocenters. The van der Waals surface area contributed by atoms with Gasteiger partial charge in [-0.3, -0.25) is 0 Å². The van der Waals surface area contributed by atoms with Crippen molar-refractivity contribution in [1.29, 1.82) is 0 Å². The van der Waals surface area contributed by atoms with E-state index in [2.05, 4.69) is 52.4 Å². The third kappa shape index (κ3) is 3.10. The van der Waals surface area contributed by atoms with Crippen LogP contribution in [0, 0.1) is 0 Å². The summed E-state index contributed by atoms with van der Waals surface area (Å²) in [5.74, 6) is 1.24. The third-order valence-corrected chi connectivity index (χ3v) is 8.11. The van der Waals surface area contributed by atoms with E-state index < -0.39 is 8.07 Å². The average molecular weight is 334 g/mol. The topological polar surface area (TPSA) is 19.4 Å². The van der Waals surface area contributed by atoms with Crippen molar-refractivity contribution in [3.05, 3.63) is 3.92 Å². The summed E-state index contributed by atoms with van der Waals surface area (Å²) in [6.07, 6.45) is 0. The maximum Gasteiger partial charge on any atom is 0.161 e. The maximum atomic E-state index is 4.70. The van der Waals surface area contributed by atoms with Gasteiger partial charge in [-0.2, -0.15) is 0 Å². The molecule has 0 spiro atoms. The van der Waals surface area contributed by atoms with E-state index in [1.807, 2.05) is 11.3 Å². The second-order valence-corrected chi connectivity index (χ2v) is 13.3. The normalized spacial score (nSPS) is 18.8. The molecule has 1 aromatic heterocycles. The molecule has 1 aromatic rings. The SMILES string of the molecule is CN1CCN(c2nc(Br)sc2[Si](C)(C)C)CC1. The summed E-state index contributed by atoms with van der Waals surface area (Å²) in [7, 11) is 0.901. The molecule has 0 N–H and O–H groups in total. The molecule has 1 aliphatic rings. The molecule has 0 amide bonds. The lowest BCUT2D eigenvalue weighted by atomic mass is 10.3. The Hall–Kier alpha value is 0.0869. The zero-order valence-corrected chi connectivity index (χ0v) is 14.4. The quantitative estimate of drug-likeness (QED) is 0.773. The maximum absolute atomic E-state index is 4.70. The fourth-order valence-corrected chi connectivity index (χ4v) is 6.08. The summed E-state index contributed by atoms with van der Waals surface area (Å²) in [5.41, 5.74) is 0. The molecular weight excluding hydrogens is 314 g/mol. The molecular formula is C11H20BrN3SSi. The van der Waals surface area contributed by atoms with E-state index in [9.17, 15) is 0 Å². The summed E-state index contributed by atoms with van der Waals surface area (Å²) < 4.78 is 2.55. The van der Waals surface area contributed by atoms with Gasteiger partial charge in [0.1, 0.15) is 5.82 Å². The van der Waals surface area contributed by atoms with Crippen molar-refractivity contribution in [2.24, 2.45) is 0 Å². The molecule has 0 atom stereocenters. The second-order valence-electron chi connectivity index (χ2n) is 5.66. The van der Waals surface area contributed by atoms with Crippen LogP contribution in [0.25, 0.3) is 0 Å². The molecule has 6 heteroatoms.